The fourth-order valence-corrected chi connectivity index (χ4v) is 3.82. The smallest absolute Gasteiger partial charge is 0.251 e. The molecule has 1 amide bonds. The molecule has 0 aliphatic carbocycles. The van der Waals surface area contributed by atoms with Crippen molar-refractivity contribution >= 4 is 11.6 Å². The molecule has 2 unspecified atom stereocenters. The summed E-state index contributed by atoms with van der Waals surface area (Å²) >= 11 is 0. The van der Waals surface area contributed by atoms with E-state index in [4.69, 9.17) is 5.73 Å². The molecule has 4 heteroatoms. The van der Waals surface area contributed by atoms with Gasteiger partial charge in [-0.25, -0.2) is 0 Å². The Hall–Kier alpha value is -1.55. The maximum Gasteiger partial charge on any atom is 0.251 e. The second kappa shape index (κ2) is 5.68. The molecule has 3 N–H and O–H groups in total. The zero-order chi connectivity index (χ0) is 15.0. The maximum atomic E-state index is 12.4. The fraction of sp³-hybridized carbons (Fsp3) is 0.588. The molecule has 2 aliphatic heterocycles. The standard InChI is InChI=1S/C17H25N3O/c1-11-8-12(6-7-16(11)18)17(21)19-13-9-14-4-3-5-15(10-13)20(14)2/h6-8,13-15H,3-5,9-10,18H2,1-2H3,(H,19,21). The van der Waals surface area contributed by atoms with Gasteiger partial charge >= 0.3 is 0 Å². The average molecular weight is 287 g/mol. The first-order valence-electron chi connectivity index (χ1n) is 7.93. The molecule has 21 heavy (non-hydrogen) atoms. The lowest BCUT2D eigenvalue weighted by molar-refractivity contribution is 0.0463. The minimum Gasteiger partial charge on any atom is -0.399 e. The summed E-state index contributed by atoms with van der Waals surface area (Å²) in [6, 6.07) is 7.08. The first kappa shape index (κ1) is 14.4. The lowest BCUT2D eigenvalue weighted by atomic mass is 9.82. The lowest BCUT2D eigenvalue weighted by Gasteiger charge is -2.47. The Labute approximate surface area is 126 Å². The summed E-state index contributed by atoms with van der Waals surface area (Å²) in [4.78, 5) is 14.9. The van der Waals surface area contributed by atoms with E-state index in [-0.39, 0.29) is 5.91 Å². The summed E-state index contributed by atoms with van der Waals surface area (Å²) in [7, 11) is 2.23. The number of aryl methyl sites for hydroxylation is 1. The van der Waals surface area contributed by atoms with Gasteiger partial charge in [-0.2, -0.15) is 0 Å². The van der Waals surface area contributed by atoms with Crippen LogP contribution in [0.3, 0.4) is 0 Å². The number of rotatable bonds is 2. The highest BCUT2D eigenvalue weighted by atomic mass is 16.1. The first-order chi connectivity index (χ1) is 10.0. The molecule has 3 rings (SSSR count). The number of carbonyl (C=O) groups excluding carboxylic acids is 1. The predicted molar refractivity (Wildman–Crippen MR) is 85.3 cm³/mol. The number of carbonyl (C=O) groups is 1. The monoisotopic (exact) mass is 287 g/mol. The molecule has 0 spiro atoms. The van der Waals surface area contributed by atoms with Crippen LogP contribution in [0, 0.1) is 6.92 Å². The fourth-order valence-electron chi connectivity index (χ4n) is 3.82. The minimum atomic E-state index is 0.0331. The van der Waals surface area contributed by atoms with E-state index in [1.807, 2.05) is 25.1 Å². The van der Waals surface area contributed by atoms with E-state index in [9.17, 15) is 4.79 Å². The Bertz CT molecular complexity index is 529. The number of hydrogen-bond acceptors (Lipinski definition) is 3. The van der Waals surface area contributed by atoms with Gasteiger partial charge in [-0.05, 0) is 63.4 Å². The van der Waals surface area contributed by atoms with Gasteiger partial charge in [0.05, 0.1) is 0 Å². The number of amides is 1. The molecule has 1 aromatic carbocycles. The molecule has 2 atom stereocenters. The number of nitrogen functional groups attached to an aromatic ring is 1. The second-order valence-electron chi connectivity index (χ2n) is 6.62. The Balaban J connectivity index is 1.66. The third-order valence-corrected chi connectivity index (χ3v) is 5.21. The number of nitrogens with zero attached hydrogens (tertiary/aromatic N) is 1. The van der Waals surface area contributed by atoms with E-state index in [2.05, 4.69) is 17.3 Å². The van der Waals surface area contributed by atoms with Crippen LogP contribution in [0.5, 0.6) is 0 Å². The van der Waals surface area contributed by atoms with Crippen molar-refractivity contribution in [3.05, 3.63) is 29.3 Å². The number of nitrogens with two attached hydrogens (primary N) is 1. The number of piperidine rings is 2. The van der Waals surface area contributed by atoms with Crippen LogP contribution in [0.25, 0.3) is 0 Å². The van der Waals surface area contributed by atoms with E-state index in [0.29, 0.717) is 23.7 Å². The van der Waals surface area contributed by atoms with E-state index in [0.717, 1.165) is 24.1 Å². The van der Waals surface area contributed by atoms with Crippen LogP contribution in [0.15, 0.2) is 18.2 Å². The van der Waals surface area contributed by atoms with Gasteiger partial charge in [0.2, 0.25) is 0 Å². The summed E-state index contributed by atoms with van der Waals surface area (Å²) in [6.45, 7) is 1.94. The van der Waals surface area contributed by atoms with Crippen LogP contribution >= 0.6 is 0 Å². The van der Waals surface area contributed by atoms with Gasteiger partial charge in [0.15, 0.2) is 0 Å². The van der Waals surface area contributed by atoms with Crippen LogP contribution in [-0.4, -0.2) is 36.0 Å². The molecule has 1 aromatic rings. The van der Waals surface area contributed by atoms with Crippen molar-refractivity contribution in [2.24, 2.45) is 0 Å². The zero-order valence-electron chi connectivity index (χ0n) is 12.9. The van der Waals surface area contributed by atoms with Crippen molar-refractivity contribution in [3.63, 3.8) is 0 Å². The number of anilines is 1. The number of hydrogen-bond donors (Lipinski definition) is 2. The molecular weight excluding hydrogens is 262 g/mol. The molecule has 2 saturated heterocycles. The van der Waals surface area contributed by atoms with Crippen LogP contribution in [0.4, 0.5) is 5.69 Å². The van der Waals surface area contributed by atoms with E-state index in [1.54, 1.807) is 0 Å². The summed E-state index contributed by atoms with van der Waals surface area (Å²) in [5, 5.41) is 3.22. The Morgan fingerprint density at radius 3 is 2.57 bits per heavy atom. The van der Waals surface area contributed by atoms with Crippen molar-refractivity contribution in [3.8, 4) is 0 Å². The molecule has 0 aromatic heterocycles. The lowest BCUT2D eigenvalue weighted by Crippen LogP contribution is -2.55. The zero-order valence-corrected chi connectivity index (χ0v) is 12.9. The van der Waals surface area contributed by atoms with Gasteiger partial charge in [0, 0.05) is 29.4 Å². The highest BCUT2D eigenvalue weighted by Gasteiger charge is 2.36. The van der Waals surface area contributed by atoms with E-state index in [1.165, 1.54) is 19.3 Å². The molecule has 2 aliphatic rings. The van der Waals surface area contributed by atoms with Crippen molar-refractivity contribution in [2.45, 2.75) is 57.2 Å². The van der Waals surface area contributed by atoms with Gasteiger partial charge in [-0.3, -0.25) is 4.79 Å². The Kier molecular flexibility index (Phi) is 3.89. The van der Waals surface area contributed by atoms with Gasteiger partial charge < -0.3 is 16.0 Å². The molecular formula is C17H25N3O. The third-order valence-electron chi connectivity index (χ3n) is 5.21. The summed E-state index contributed by atoms with van der Waals surface area (Å²) in [5.41, 5.74) is 8.22. The van der Waals surface area contributed by atoms with Crippen LogP contribution in [-0.2, 0) is 0 Å². The molecule has 2 fully saturated rings. The van der Waals surface area contributed by atoms with Gasteiger partial charge in [0.25, 0.3) is 5.91 Å². The highest BCUT2D eigenvalue weighted by Crippen LogP contribution is 2.32. The quantitative estimate of drug-likeness (QED) is 0.821. The third kappa shape index (κ3) is 2.91. The highest BCUT2D eigenvalue weighted by molar-refractivity contribution is 5.95. The largest absolute Gasteiger partial charge is 0.399 e. The number of fused-ring (bicyclic) bond motifs is 2. The van der Waals surface area contributed by atoms with Crippen molar-refractivity contribution in [2.75, 3.05) is 12.8 Å². The van der Waals surface area contributed by atoms with Crippen molar-refractivity contribution < 1.29 is 4.79 Å². The number of benzene rings is 1. The van der Waals surface area contributed by atoms with E-state index >= 15 is 0 Å². The van der Waals surface area contributed by atoms with E-state index < -0.39 is 0 Å². The second-order valence-corrected chi connectivity index (χ2v) is 6.62. The normalized spacial score (nSPS) is 29.1. The topological polar surface area (TPSA) is 58.4 Å². The maximum absolute atomic E-state index is 12.4. The van der Waals surface area contributed by atoms with Crippen molar-refractivity contribution in [1.82, 2.24) is 10.2 Å². The van der Waals surface area contributed by atoms with Gasteiger partial charge in [-0.15, -0.1) is 0 Å². The van der Waals surface area contributed by atoms with Gasteiger partial charge in [0.1, 0.15) is 0 Å². The molecule has 0 saturated carbocycles. The van der Waals surface area contributed by atoms with Crippen LogP contribution in [0.1, 0.15) is 48.0 Å². The molecule has 2 heterocycles. The Morgan fingerprint density at radius 1 is 1.29 bits per heavy atom. The summed E-state index contributed by atoms with van der Waals surface area (Å²) < 4.78 is 0. The van der Waals surface area contributed by atoms with Crippen LogP contribution < -0.4 is 11.1 Å². The molecule has 0 radical (unpaired) electrons. The summed E-state index contributed by atoms with van der Waals surface area (Å²) in [5.74, 6) is 0.0331. The average Bonchev–Trinajstić information content (AvgIpc) is 2.43. The predicted octanol–water partition coefficient (Wildman–Crippen LogP) is 2.32. The first-order valence-corrected chi connectivity index (χ1v) is 7.93. The minimum absolute atomic E-state index is 0.0331. The summed E-state index contributed by atoms with van der Waals surface area (Å²) in [6.07, 6.45) is 6.01. The SMILES string of the molecule is Cc1cc(C(=O)NC2CC3CCCC(C2)N3C)ccc1N. The molecule has 114 valence electrons. The van der Waals surface area contributed by atoms with Gasteiger partial charge in [-0.1, -0.05) is 6.42 Å². The Morgan fingerprint density at radius 2 is 1.95 bits per heavy atom. The van der Waals surface area contributed by atoms with Crippen LogP contribution in [0.2, 0.25) is 0 Å². The molecule has 4 nitrogen and oxygen atoms in total. The number of nitrogens with one attached hydrogen (secondary N) is 1. The molecule has 2 bridgehead atoms. The van der Waals surface area contributed by atoms with Crippen molar-refractivity contribution in [1.29, 1.82) is 0 Å².